The molecule has 0 aliphatic carbocycles. The molecule has 0 aromatic carbocycles. The number of rotatable bonds is 4. The summed E-state index contributed by atoms with van der Waals surface area (Å²) in [5.74, 6) is 0.194. The van der Waals surface area contributed by atoms with Gasteiger partial charge in [0.25, 0.3) is 0 Å². The minimum absolute atomic E-state index is 0.194. The maximum absolute atomic E-state index is 11.1. The summed E-state index contributed by atoms with van der Waals surface area (Å²) in [5, 5.41) is 0. The molecule has 70 valence electrons. The summed E-state index contributed by atoms with van der Waals surface area (Å²) in [6.45, 7) is 3.00. The van der Waals surface area contributed by atoms with Gasteiger partial charge in [-0.15, -0.1) is 0 Å². The summed E-state index contributed by atoms with van der Waals surface area (Å²) >= 11 is 0. The summed E-state index contributed by atoms with van der Waals surface area (Å²) in [6, 6.07) is 0. The van der Waals surface area contributed by atoms with E-state index in [4.69, 9.17) is 4.74 Å². The minimum atomic E-state index is 0.194. The maximum Gasteiger partial charge on any atom is 0.172 e. The molecule has 0 unspecified atom stereocenters. The lowest BCUT2D eigenvalue weighted by molar-refractivity contribution is -0.124. The van der Waals surface area contributed by atoms with Crippen LogP contribution in [-0.4, -0.2) is 44.0 Å². The highest BCUT2D eigenvalue weighted by Gasteiger charge is 2.12. The molecule has 0 aromatic heterocycles. The molecular formula is C9H17NO2. The van der Waals surface area contributed by atoms with Crippen LogP contribution in [0.2, 0.25) is 0 Å². The molecule has 12 heavy (non-hydrogen) atoms. The number of ether oxygens (including phenoxy) is 1. The molecule has 1 aliphatic heterocycles. The van der Waals surface area contributed by atoms with Gasteiger partial charge < -0.3 is 4.74 Å². The SMILES string of the molecule is COCC(=O)CN1CCCCC1. The van der Waals surface area contributed by atoms with E-state index in [1.165, 1.54) is 19.3 Å². The van der Waals surface area contributed by atoms with Crippen molar-refractivity contribution in [2.75, 3.05) is 33.4 Å². The molecule has 0 saturated carbocycles. The van der Waals surface area contributed by atoms with Crippen molar-refractivity contribution in [2.24, 2.45) is 0 Å². The van der Waals surface area contributed by atoms with Crippen LogP contribution in [0, 0.1) is 0 Å². The molecule has 1 saturated heterocycles. The van der Waals surface area contributed by atoms with E-state index in [-0.39, 0.29) is 12.4 Å². The largest absolute Gasteiger partial charge is 0.377 e. The van der Waals surface area contributed by atoms with Crippen LogP contribution in [-0.2, 0) is 9.53 Å². The average molecular weight is 171 g/mol. The van der Waals surface area contributed by atoms with Gasteiger partial charge in [-0.2, -0.15) is 0 Å². The van der Waals surface area contributed by atoms with Gasteiger partial charge in [0.2, 0.25) is 0 Å². The third kappa shape index (κ3) is 3.32. The zero-order valence-corrected chi connectivity index (χ0v) is 7.71. The number of Topliss-reactive ketones (excluding diaryl/α,β-unsaturated/α-hetero) is 1. The number of hydrogen-bond donors (Lipinski definition) is 0. The highest BCUT2D eigenvalue weighted by Crippen LogP contribution is 2.07. The molecule has 1 aliphatic rings. The molecule has 0 N–H and O–H groups in total. The van der Waals surface area contributed by atoms with Crippen LogP contribution in [0.15, 0.2) is 0 Å². The molecule has 0 bridgehead atoms. The van der Waals surface area contributed by atoms with Gasteiger partial charge in [0.15, 0.2) is 5.78 Å². The van der Waals surface area contributed by atoms with Crippen molar-refractivity contribution < 1.29 is 9.53 Å². The third-order valence-electron chi connectivity index (χ3n) is 2.15. The Morgan fingerprint density at radius 2 is 2.00 bits per heavy atom. The first kappa shape index (κ1) is 9.68. The second-order valence-corrected chi connectivity index (χ2v) is 3.31. The number of ketones is 1. The lowest BCUT2D eigenvalue weighted by Gasteiger charge is -2.25. The predicted octanol–water partition coefficient (Wildman–Crippen LogP) is 0.688. The van der Waals surface area contributed by atoms with Gasteiger partial charge in [0.05, 0.1) is 6.54 Å². The summed E-state index contributed by atoms with van der Waals surface area (Å²) in [4.78, 5) is 13.4. The summed E-state index contributed by atoms with van der Waals surface area (Å²) < 4.78 is 4.77. The van der Waals surface area contributed by atoms with Gasteiger partial charge in [-0.1, -0.05) is 6.42 Å². The molecule has 0 aromatic rings. The fraction of sp³-hybridized carbons (Fsp3) is 0.889. The van der Waals surface area contributed by atoms with Crippen LogP contribution in [0.1, 0.15) is 19.3 Å². The van der Waals surface area contributed by atoms with E-state index in [2.05, 4.69) is 4.90 Å². The van der Waals surface area contributed by atoms with Gasteiger partial charge in [0.1, 0.15) is 6.61 Å². The Bertz CT molecular complexity index is 141. The van der Waals surface area contributed by atoms with E-state index in [0.717, 1.165) is 13.1 Å². The van der Waals surface area contributed by atoms with Crippen LogP contribution in [0.4, 0.5) is 0 Å². The van der Waals surface area contributed by atoms with Gasteiger partial charge >= 0.3 is 0 Å². The van der Waals surface area contributed by atoms with Crippen molar-refractivity contribution in [3.8, 4) is 0 Å². The van der Waals surface area contributed by atoms with E-state index < -0.39 is 0 Å². The quantitative estimate of drug-likeness (QED) is 0.623. The van der Waals surface area contributed by atoms with E-state index in [1.54, 1.807) is 7.11 Å². The monoisotopic (exact) mass is 171 g/mol. The Balaban J connectivity index is 2.15. The van der Waals surface area contributed by atoms with Crippen molar-refractivity contribution in [3.63, 3.8) is 0 Å². The molecule has 1 fully saturated rings. The number of carbonyl (C=O) groups is 1. The molecule has 3 nitrogen and oxygen atoms in total. The summed E-state index contributed by atoms with van der Waals surface area (Å²) in [7, 11) is 1.56. The number of carbonyl (C=O) groups excluding carboxylic acids is 1. The molecule has 0 spiro atoms. The zero-order chi connectivity index (χ0) is 8.81. The van der Waals surface area contributed by atoms with Crippen LogP contribution in [0.25, 0.3) is 0 Å². The van der Waals surface area contributed by atoms with Crippen LogP contribution >= 0.6 is 0 Å². The van der Waals surface area contributed by atoms with Crippen molar-refractivity contribution in [3.05, 3.63) is 0 Å². The van der Waals surface area contributed by atoms with Gasteiger partial charge in [-0.3, -0.25) is 9.69 Å². The van der Waals surface area contributed by atoms with E-state index >= 15 is 0 Å². The fourth-order valence-corrected chi connectivity index (χ4v) is 1.57. The number of likely N-dealkylation sites (tertiary alicyclic amines) is 1. The molecular weight excluding hydrogens is 154 g/mol. The first-order chi connectivity index (χ1) is 5.83. The number of nitrogens with zero attached hydrogens (tertiary/aromatic N) is 1. The molecule has 0 atom stereocenters. The first-order valence-corrected chi connectivity index (χ1v) is 4.56. The fourth-order valence-electron chi connectivity index (χ4n) is 1.57. The molecule has 1 heterocycles. The van der Waals surface area contributed by atoms with Crippen LogP contribution < -0.4 is 0 Å². The Hall–Kier alpha value is -0.410. The Labute approximate surface area is 73.7 Å². The number of piperidine rings is 1. The van der Waals surface area contributed by atoms with E-state index in [1.807, 2.05) is 0 Å². The molecule has 0 amide bonds. The first-order valence-electron chi connectivity index (χ1n) is 4.56. The highest BCUT2D eigenvalue weighted by atomic mass is 16.5. The third-order valence-corrected chi connectivity index (χ3v) is 2.15. The van der Waals surface area contributed by atoms with Gasteiger partial charge in [0, 0.05) is 7.11 Å². The zero-order valence-electron chi connectivity index (χ0n) is 7.71. The minimum Gasteiger partial charge on any atom is -0.377 e. The Morgan fingerprint density at radius 3 is 2.58 bits per heavy atom. The van der Waals surface area contributed by atoms with Crippen LogP contribution in [0.5, 0.6) is 0 Å². The van der Waals surface area contributed by atoms with Crippen LogP contribution in [0.3, 0.4) is 0 Å². The van der Waals surface area contributed by atoms with Crippen molar-refractivity contribution in [2.45, 2.75) is 19.3 Å². The lowest BCUT2D eigenvalue weighted by atomic mass is 10.1. The highest BCUT2D eigenvalue weighted by molar-refractivity contribution is 5.81. The summed E-state index contributed by atoms with van der Waals surface area (Å²) in [5.41, 5.74) is 0. The van der Waals surface area contributed by atoms with Gasteiger partial charge in [-0.25, -0.2) is 0 Å². The summed E-state index contributed by atoms with van der Waals surface area (Å²) in [6.07, 6.45) is 3.79. The normalized spacial score (nSPS) is 19.4. The molecule has 0 radical (unpaired) electrons. The van der Waals surface area contributed by atoms with Crippen molar-refractivity contribution in [1.82, 2.24) is 4.90 Å². The second kappa shape index (κ2) is 5.27. The topological polar surface area (TPSA) is 29.5 Å². The standard InChI is InChI=1S/C9H17NO2/c1-12-8-9(11)7-10-5-3-2-4-6-10/h2-8H2,1H3. The smallest absolute Gasteiger partial charge is 0.172 e. The predicted molar refractivity (Wildman–Crippen MR) is 47.2 cm³/mol. The molecule has 1 rings (SSSR count). The Morgan fingerprint density at radius 1 is 1.33 bits per heavy atom. The van der Waals surface area contributed by atoms with Crippen molar-refractivity contribution in [1.29, 1.82) is 0 Å². The Kier molecular flexibility index (Phi) is 4.25. The van der Waals surface area contributed by atoms with E-state index in [0.29, 0.717) is 6.54 Å². The lowest BCUT2D eigenvalue weighted by Crippen LogP contribution is -2.35. The van der Waals surface area contributed by atoms with E-state index in [9.17, 15) is 4.79 Å². The second-order valence-electron chi connectivity index (χ2n) is 3.31. The number of hydrogen-bond acceptors (Lipinski definition) is 3. The number of methoxy groups -OCH3 is 1. The van der Waals surface area contributed by atoms with Crippen molar-refractivity contribution >= 4 is 5.78 Å². The molecule has 3 heteroatoms. The van der Waals surface area contributed by atoms with Gasteiger partial charge in [-0.05, 0) is 25.9 Å². The maximum atomic E-state index is 11.1. The average Bonchev–Trinajstić information content (AvgIpc) is 2.06.